The van der Waals surface area contributed by atoms with Gasteiger partial charge in [-0.3, -0.25) is 9.50 Å². The number of allylic oxidation sites excluding steroid dienone is 2. The third-order valence-electron chi connectivity index (χ3n) is 6.02. The van der Waals surface area contributed by atoms with Gasteiger partial charge in [-0.25, -0.2) is 4.98 Å². The largest absolute Gasteiger partial charge is 0.439 e. The van der Waals surface area contributed by atoms with Gasteiger partial charge >= 0.3 is 0 Å². The van der Waals surface area contributed by atoms with Crippen molar-refractivity contribution >= 4 is 34.8 Å². The summed E-state index contributed by atoms with van der Waals surface area (Å²) < 4.78 is 19.9. The van der Waals surface area contributed by atoms with Crippen LogP contribution in [0, 0.1) is 0 Å². The third kappa shape index (κ3) is 10.6. The number of carbonyl (C=O) groups is 1. The summed E-state index contributed by atoms with van der Waals surface area (Å²) in [7, 11) is 5.87. The molecule has 0 aliphatic carbocycles. The molecule has 4 rings (SSSR count). The number of aldehydes is 1. The Morgan fingerprint density at radius 1 is 1.22 bits per heavy atom. The lowest BCUT2D eigenvalue weighted by Crippen LogP contribution is -2.57. The molecule has 0 amide bonds. The van der Waals surface area contributed by atoms with Gasteiger partial charge in [0.05, 0.1) is 0 Å². The van der Waals surface area contributed by atoms with E-state index in [-0.39, 0.29) is 4.70 Å². The second-order valence-electron chi connectivity index (χ2n) is 9.12. The van der Waals surface area contributed by atoms with Gasteiger partial charge < -0.3 is 19.9 Å². The maximum absolute atomic E-state index is 14.6. The van der Waals surface area contributed by atoms with Crippen LogP contribution in [0.3, 0.4) is 0 Å². The molecule has 0 saturated carbocycles. The van der Waals surface area contributed by atoms with Crippen LogP contribution < -0.4 is 10.2 Å². The van der Waals surface area contributed by atoms with E-state index in [4.69, 9.17) is 4.74 Å². The number of nitrogens with zero attached hydrogens (tertiary/aromatic N) is 3. The molecule has 9 heteroatoms. The number of ether oxygens (including phenoxy) is 1. The number of rotatable bonds is 7. The highest BCUT2D eigenvalue weighted by Crippen LogP contribution is 2.40. The molecule has 1 unspecified atom stereocenters. The lowest BCUT2D eigenvalue weighted by atomic mass is 9.96. The van der Waals surface area contributed by atoms with E-state index in [1.165, 1.54) is 6.92 Å². The fourth-order valence-electron chi connectivity index (χ4n) is 3.92. The van der Waals surface area contributed by atoms with Gasteiger partial charge in [-0.05, 0) is 62.2 Å². The number of aromatic nitrogens is 1. The topological polar surface area (TPSA) is 57.7 Å². The van der Waals surface area contributed by atoms with Gasteiger partial charge in [0.2, 0.25) is 0 Å². The van der Waals surface area contributed by atoms with Crippen molar-refractivity contribution in [2.75, 3.05) is 39.1 Å². The molecule has 1 aromatic heterocycles. The highest BCUT2D eigenvalue weighted by molar-refractivity contribution is 8.11. The van der Waals surface area contributed by atoms with E-state index in [1.54, 1.807) is 37.1 Å². The molecule has 0 radical (unpaired) electrons. The molecule has 1 atom stereocenters. The molecule has 6 nitrogen and oxygen atoms in total. The first kappa shape index (κ1) is 37.8. The zero-order valence-corrected chi connectivity index (χ0v) is 27.1. The minimum absolute atomic E-state index is 0. The summed E-state index contributed by atoms with van der Waals surface area (Å²) in [5, 5.41) is 2.86. The first-order valence-corrected chi connectivity index (χ1v) is 14.6. The minimum Gasteiger partial charge on any atom is -0.439 e. The molecule has 1 N–H and O–H groups in total. The molecule has 0 bridgehead atoms. The van der Waals surface area contributed by atoms with E-state index in [2.05, 4.69) is 40.8 Å². The molecule has 0 spiro atoms. The SMILES string of the molecule is C=C(C)S/C(=C\C)c1ccc2c(c1)C=C(NC)OC2(C)F.CC.CC.CN(C)C1CN(c2cc(C=O)ccn2)C1.F. The summed E-state index contributed by atoms with van der Waals surface area (Å²) in [6.45, 7) is 19.3. The summed E-state index contributed by atoms with van der Waals surface area (Å²) in [4.78, 5) is 21.4. The molecule has 41 heavy (non-hydrogen) atoms. The number of benzene rings is 1. The minimum atomic E-state index is -1.82. The lowest BCUT2D eigenvalue weighted by molar-refractivity contribution is -0.109. The summed E-state index contributed by atoms with van der Waals surface area (Å²) >= 11 is 1.62. The fourth-order valence-corrected chi connectivity index (χ4v) is 4.66. The lowest BCUT2D eigenvalue weighted by Gasteiger charge is -2.43. The van der Waals surface area contributed by atoms with E-state index in [1.807, 2.05) is 71.9 Å². The van der Waals surface area contributed by atoms with E-state index < -0.39 is 5.85 Å². The number of halogens is 2. The summed E-state index contributed by atoms with van der Waals surface area (Å²) in [6.07, 6.45) is 6.40. The number of thioether (sulfide) groups is 1. The van der Waals surface area contributed by atoms with Crippen LogP contribution in [-0.2, 0) is 10.6 Å². The number of fused-ring (bicyclic) bond motifs is 1. The van der Waals surface area contributed by atoms with Crippen molar-refractivity contribution < 1.29 is 18.6 Å². The van der Waals surface area contributed by atoms with Gasteiger partial charge in [0, 0.05) is 61.4 Å². The second kappa shape index (κ2) is 18.3. The average molecular weight is 591 g/mol. The number of pyridine rings is 1. The Bertz CT molecular complexity index is 1180. The van der Waals surface area contributed by atoms with Crippen LogP contribution in [0.2, 0.25) is 0 Å². The number of hydrogen-bond donors (Lipinski definition) is 1. The zero-order chi connectivity index (χ0) is 30.5. The molecule has 1 aromatic carbocycles. The van der Waals surface area contributed by atoms with E-state index in [0.29, 0.717) is 23.1 Å². The highest BCUT2D eigenvalue weighted by Gasteiger charge is 2.34. The molecular weight excluding hydrogens is 542 g/mol. The second-order valence-corrected chi connectivity index (χ2v) is 10.5. The first-order chi connectivity index (χ1) is 19.1. The number of anilines is 1. The standard InChI is InChI=1S/C17H20FNOS.C11H15N3O.2C2H6.FH/c1-6-15(21-11(2)3)12-7-8-14-13(9-12)10-16(19-5)20-17(14,4)18;1-13(2)10-6-14(7-10)11-5-9(8-15)3-4-12-11;2*1-2;/h6-10,19H,2H2,1,3-5H3;3-5,8,10H,6-7H2,1-2H3;2*1-2H3;1H/b15-6-;;;;. The molecule has 228 valence electrons. The van der Waals surface area contributed by atoms with Crippen molar-refractivity contribution in [1.82, 2.24) is 15.2 Å². The van der Waals surface area contributed by atoms with Crippen molar-refractivity contribution in [1.29, 1.82) is 0 Å². The van der Waals surface area contributed by atoms with Crippen molar-refractivity contribution in [3.05, 3.63) is 82.2 Å². The summed E-state index contributed by atoms with van der Waals surface area (Å²) in [6, 6.07) is 9.85. The quantitative estimate of drug-likeness (QED) is 0.330. The summed E-state index contributed by atoms with van der Waals surface area (Å²) in [5.74, 6) is -0.490. The Balaban J connectivity index is 0.000000707. The Hall–Kier alpha value is -3.17. The van der Waals surface area contributed by atoms with Gasteiger partial charge in [-0.15, -0.1) is 0 Å². The van der Waals surface area contributed by atoms with Gasteiger partial charge in [-0.1, -0.05) is 64.2 Å². The van der Waals surface area contributed by atoms with E-state index >= 15 is 0 Å². The van der Waals surface area contributed by atoms with Crippen LogP contribution in [0.15, 0.2) is 60.0 Å². The molecule has 1 fully saturated rings. The molecule has 2 aromatic rings. The molecule has 2 aliphatic heterocycles. The number of hydrogen-bond acceptors (Lipinski definition) is 7. The van der Waals surface area contributed by atoms with Crippen molar-refractivity contribution in [2.24, 2.45) is 0 Å². The van der Waals surface area contributed by atoms with Gasteiger partial charge in [0.1, 0.15) is 12.1 Å². The van der Waals surface area contributed by atoms with Crippen molar-refractivity contribution in [3.8, 4) is 0 Å². The normalized spacial score (nSPS) is 17.2. The number of likely N-dealkylation sites (N-methyl/N-ethyl adjacent to an activating group) is 1. The number of nitrogens with one attached hydrogen (secondary N) is 1. The maximum atomic E-state index is 14.6. The first-order valence-electron chi connectivity index (χ1n) is 13.8. The predicted molar refractivity (Wildman–Crippen MR) is 174 cm³/mol. The van der Waals surface area contributed by atoms with Crippen LogP contribution in [0.4, 0.5) is 14.9 Å². The van der Waals surface area contributed by atoms with Crippen molar-refractivity contribution in [2.45, 2.75) is 60.4 Å². The fraction of sp³-hybridized carbons (Fsp3) is 0.438. The van der Waals surface area contributed by atoms with E-state index in [0.717, 1.165) is 46.1 Å². The van der Waals surface area contributed by atoms with Gasteiger partial charge in [0.15, 0.2) is 5.88 Å². The number of carbonyl (C=O) groups excluding carboxylic acids is 1. The van der Waals surface area contributed by atoms with Gasteiger partial charge in [0.25, 0.3) is 5.85 Å². The van der Waals surface area contributed by atoms with E-state index in [9.17, 15) is 9.18 Å². The number of alkyl halides is 1. The third-order valence-corrected chi connectivity index (χ3v) is 7.06. The molecule has 1 saturated heterocycles. The smallest absolute Gasteiger partial charge is 0.273 e. The highest BCUT2D eigenvalue weighted by atomic mass is 32.2. The summed E-state index contributed by atoms with van der Waals surface area (Å²) in [5.41, 5.74) is 3.11. The Kier molecular flexibility index (Phi) is 16.9. The molecular formula is C32H48F2N4O2S. The predicted octanol–water partition coefficient (Wildman–Crippen LogP) is 7.85. The Morgan fingerprint density at radius 3 is 2.37 bits per heavy atom. The van der Waals surface area contributed by atoms with Crippen molar-refractivity contribution in [3.63, 3.8) is 0 Å². The van der Waals surface area contributed by atoms with Crippen LogP contribution in [0.1, 0.15) is 75.5 Å². The monoisotopic (exact) mass is 590 g/mol. The Labute approximate surface area is 250 Å². The Morgan fingerprint density at radius 2 is 1.85 bits per heavy atom. The van der Waals surface area contributed by atoms with Gasteiger partial charge in [-0.2, -0.15) is 4.39 Å². The molecule has 2 aliphatic rings. The average Bonchev–Trinajstić information content (AvgIpc) is 2.92. The molecule has 3 heterocycles. The zero-order valence-electron chi connectivity index (χ0n) is 26.2. The van der Waals surface area contributed by atoms with Crippen LogP contribution in [0.25, 0.3) is 11.0 Å². The van der Waals surface area contributed by atoms with Crippen LogP contribution in [-0.4, -0.2) is 56.4 Å². The van der Waals surface area contributed by atoms with Crippen LogP contribution >= 0.6 is 11.8 Å². The maximum Gasteiger partial charge on any atom is 0.273 e. The van der Waals surface area contributed by atoms with Crippen LogP contribution in [0.5, 0.6) is 0 Å².